The minimum absolute atomic E-state index is 0.174. The summed E-state index contributed by atoms with van der Waals surface area (Å²) in [5.74, 6) is 1.95. The predicted molar refractivity (Wildman–Crippen MR) is 93.8 cm³/mol. The molecule has 1 aromatic heterocycles. The quantitative estimate of drug-likeness (QED) is 0.560. The van der Waals surface area contributed by atoms with Gasteiger partial charge in [-0.05, 0) is 40.0 Å². The van der Waals surface area contributed by atoms with Crippen LogP contribution in [0.1, 0.15) is 58.7 Å². The van der Waals surface area contributed by atoms with Crippen LogP contribution >= 0.6 is 0 Å². The third kappa shape index (κ3) is 3.88. The number of nitrogens with zero attached hydrogens (tertiary/aromatic N) is 3. The van der Waals surface area contributed by atoms with Crippen molar-refractivity contribution in [3.63, 3.8) is 0 Å². The van der Waals surface area contributed by atoms with Crippen molar-refractivity contribution >= 4 is 5.96 Å². The van der Waals surface area contributed by atoms with Crippen molar-refractivity contribution < 1.29 is 9.26 Å². The molecule has 2 N–H and O–H groups in total. The van der Waals surface area contributed by atoms with Crippen LogP contribution in [0.4, 0.5) is 0 Å². The maximum atomic E-state index is 5.95. The van der Waals surface area contributed by atoms with E-state index in [1.54, 1.807) is 6.92 Å². The second kappa shape index (κ2) is 8.46. The van der Waals surface area contributed by atoms with Gasteiger partial charge in [-0.2, -0.15) is 4.98 Å². The van der Waals surface area contributed by atoms with Gasteiger partial charge >= 0.3 is 0 Å². The van der Waals surface area contributed by atoms with Gasteiger partial charge in [0.2, 0.25) is 5.89 Å². The molecule has 1 heterocycles. The molecule has 0 amide bonds. The number of aliphatic imine (C=N–C) groups is 1. The van der Waals surface area contributed by atoms with E-state index in [0.717, 1.165) is 38.4 Å². The summed E-state index contributed by atoms with van der Waals surface area (Å²) < 4.78 is 11.1. The Labute approximate surface area is 144 Å². The van der Waals surface area contributed by atoms with Crippen LogP contribution < -0.4 is 10.6 Å². The van der Waals surface area contributed by atoms with E-state index in [2.05, 4.69) is 53.5 Å². The number of hydrogen-bond donors (Lipinski definition) is 2. The van der Waals surface area contributed by atoms with Gasteiger partial charge in [0.05, 0.1) is 6.10 Å². The average Bonchev–Trinajstić information content (AvgIpc) is 2.98. The number of rotatable bonds is 8. The highest BCUT2D eigenvalue weighted by molar-refractivity contribution is 5.80. The zero-order chi connectivity index (χ0) is 17.6. The van der Waals surface area contributed by atoms with E-state index < -0.39 is 0 Å². The van der Waals surface area contributed by atoms with Gasteiger partial charge in [-0.15, -0.1) is 0 Å². The van der Waals surface area contributed by atoms with Gasteiger partial charge in [0.25, 0.3) is 0 Å². The average molecular weight is 337 g/mol. The van der Waals surface area contributed by atoms with Crippen molar-refractivity contribution in [2.45, 2.75) is 72.6 Å². The van der Waals surface area contributed by atoms with Crippen molar-refractivity contribution in [3.05, 3.63) is 11.7 Å². The largest absolute Gasteiger partial charge is 0.378 e. The van der Waals surface area contributed by atoms with E-state index in [0.29, 0.717) is 30.4 Å². The second-order valence-corrected chi connectivity index (χ2v) is 6.25. The molecule has 0 saturated heterocycles. The van der Waals surface area contributed by atoms with Crippen LogP contribution in [0.25, 0.3) is 0 Å². The van der Waals surface area contributed by atoms with Crippen molar-refractivity contribution in [2.24, 2.45) is 10.4 Å². The molecule has 1 fully saturated rings. The molecular formula is C17H31N5O2. The third-order valence-electron chi connectivity index (χ3n) is 5.07. The number of ether oxygens (including phenoxy) is 1. The smallest absolute Gasteiger partial charge is 0.248 e. The second-order valence-electron chi connectivity index (χ2n) is 6.25. The number of aryl methyl sites for hydroxylation is 1. The molecule has 0 aromatic carbocycles. The van der Waals surface area contributed by atoms with E-state index in [4.69, 9.17) is 9.26 Å². The number of aromatic nitrogens is 2. The first-order valence-corrected chi connectivity index (χ1v) is 9.05. The van der Waals surface area contributed by atoms with Gasteiger partial charge in [-0.1, -0.05) is 19.0 Å². The molecular weight excluding hydrogens is 306 g/mol. The first-order chi connectivity index (χ1) is 11.6. The monoisotopic (exact) mass is 337 g/mol. The minimum Gasteiger partial charge on any atom is -0.378 e. The van der Waals surface area contributed by atoms with E-state index in [9.17, 15) is 0 Å². The van der Waals surface area contributed by atoms with E-state index in [-0.39, 0.29) is 5.41 Å². The Kier molecular flexibility index (Phi) is 6.60. The van der Waals surface area contributed by atoms with Gasteiger partial charge in [-0.3, -0.25) is 0 Å². The molecule has 136 valence electrons. The van der Waals surface area contributed by atoms with Crippen molar-refractivity contribution in [1.82, 2.24) is 20.8 Å². The Morgan fingerprint density at radius 1 is 1.33 bits per heavy atom. The molecule has 24 heavy (non-hydrogen) atoms. The topological polar surface area (TPSA) is 84.6 Å². The van der Waals surface area contributed by atoms with Crippen LogP contribution in [0, 0.1) is 12.3 Å². The number of nitrogens with one attached hydrogen (secondary N) is 2. The Morgan fingerprint density at radius 2 is 2.08 bits per heavy atom. The zero-order valence-electron chi connectivity index (χ0n) is 15.6. The molecule has 1 aliphatic carbocycles. The fraction of sp³-hybridized carbons (Fsp3) is 0.824. The number of guanidine groups is 1. The van der Waals surface area contributed by atoms with Crippen LogP contribution in [0.5, 0.6) is 0 Å². The molecule has 2 rings (SSSR count). The van der Waals surface area contributed by atoms with Crippen molar-refractivity contribution in [1.29, 1.82) is 0 Å². The van der Waals surface area contributed by atoms with Crippen LogP contribution in [0.3, 0.4) is 0 Å². The third-order valence-corrected chi connectivity index (χ3v) is 5.07. The molecule has 0 aliphatic heterocycles. The Hall–Kier alpha value is -1.63. The summed E-state index contributed by atoms with van der Waals surface area (Å²) in [6.45, 7) is 12.4. The lowest BCUT2D eigenvalue weighted by Crippen LogP contribution is -2.65. The van der Waals surface area contributed by atoms with Gasteiger partial charge in [0.1, 0.15) is 6.54 Å². The summed E-state index contributed by atoms with van der Waals surface area (Å²) in [5.41, 5.74) is 0.174. The minimum atomic E-state index is 0.174. The van der Waals surface area contributed by atoms with Crippen LogP contribution in [0.2, 0.25) is 0 Å². The van der Waals surface area contributed by atoms with Gasteiger partial charge < -0.3 is 19.9 Å². The van der Waals surface area contributed by atoms with Gasteiger partial charge in [0, 0.05) is 24.6 Å². The fourth-order valence-corrected chi connectivity index (χ4v) is 3.62. The highest BCUT2D eigenvalue weighted by Gasteiger charge is 2.53. The van der Waals surface area contributed by atoms with E-state index >= 15 is 0 Å². The molecule has 7 heteroatoms. The van der Waals surface area contributed by atoms with Crippen molar-refractivity contribution in [2.75, 3.05) is 13.2 Å². The lowest BCUT2D eigenvalue weighted by molar-refractivity contribution is -0.133. The number of hydrogen-bond acceptors (Lipinski definition) is 5. The predicted octanol–water partition coefficient (Wildman–Crippen LogP) is 2.42. The molecule has 1 saturated carbocycles. The van der Waals surface area contributed by atoms with E-state index in [1.165, 1.54) is 0 Å². The highest BCUT2D eigenvalue weighted by atomic mass is 16.5. The first kappa shape index (κ1) is 18.7. The molecule has 7 nitrogen and oxygen atoms in total. The van der Waals surface area contributed by atoms with Gasteiger partial charge in [0.15, 0.2) is 11.8 Å². The molecule has 0 spiro atoms. The molecule has 2 unspecified atom stereocenters. The Morgan fingerprint density at radius 3 is 2.62 bits per heavy atom. The molecule has 2 atom stereocenters. The van der Waals surface area contributed by atoms with Crippen LogP contribution in [0.15, 0.2) is 9.52 Å². The lowest BCUT2D eigenvalue weighted by Gasteiger charge is -2.55. The summed E-state index contributed by atoms with van der Waals surface area (Å²) in [6, 6.07) is 0.367. The fourth-order valence-electron chi connectivity index (χ4n) is 3.62. The molecule has 0 radical (unpaired) electrons. The maximum absolute atomic E-state index is 5.95. The van der Waals surface area contributed by atoms with Crippen molar-refractivity contribution in [3.8, 4) is 0 Å². The van der Waals surface area contributed by atoms with Crippen LogP contribution in [-0.4, -0.2) is 41.4 Å². The zero-order valence-corrected chi connectivity index (χ0v) is 15.6. The Balaban J connectivity index is 2.04. The maximum Gasteiger partial charge on any atom is 0.248 e. The van der Waals surface area contributed by atoms with E-state index in [1.807, 2.05) is 0 Å². The van der Waals surface area contributed by atoms with Gasteiger partial charge in [-0.25, -0.2) is 4.99 Å². The molecule has 1 aliphatic rings. The van der Waals surface area contributed by atoms with Crippen LogP contribution in [-0.2, 0) is 11.3 Å². The SMILES string of the molecule is CCNC(=NCc1nc(C)no1)NC1CC(OCC)C1(CC)CC. The standard InChI is InChI=1S/C17H31N5O2/c1-6-17(7-2)13(10-14(17)23-9-4)21-16(18-8-3)19-11-15-20-12(5)22-24-15/h13-14H,6-11H2,1-5H3,(H2,18,19,21). The molecule has 1 aromatic rings. The summed E-state index contributed by atoms with van der Waals surface area (Å²) in [4.78, 5) is 8.77. The lowest BCUT2D eigenvalue weighted by atomic mass is 9.58. The summed E-state index contributed by atoms with van der Waals surface area (Å²) in [6.07, 6.45) is 3.53. The summed E-state index contributed by atoms with van der Waals surface area (Å²) in [5, 5.41) is 10.7. The first-order valence-electron chi connectivity index (χ1n) is 9.05. The summed E-state index contributed by atoms with van der Waals surface area (Å²) in [7, 11) is 0. The highest BCUT2D eigenvalue weighted by Crippen LogP contribution is 2.48. The molecule has 0 bridgehead atoms. The normalized spacial score (nSPS) is 23.0. The Bertz CT molecular complexity index is 539. The summed E-state index contributed by atoms with van der Waals surface area (Å²) >= 11 is 0.